The molecule has 2 fully saturated rings. The summed E-state index contributed by atoms with van der Waals surface area (Å²) in [6, 6.07) is 16.5. The van der Waals surface area contributed by atoms with Crippen molar-refractivity contribution in [1.82, 2.24) is 15.1 Å². The van der Waals surface area contributed by atoms with Crippen molar-refractivity contribution in [3.63, 3.8) is 0 Å². The summed E-state index contributed by atoms with van der Waals surface area (Å²) < 4.78 is 5.14. The van der Waals surface area contributed by atoms with Crippen molar-refractivity contribution in [3.8, 4) is 5.75 Å². The predicted octanol–water partition coefficient (Wildman–Crippen LogP) is 2.35. The van der Waals surface area contributed by atoms with Crippen molar-refractivity contribution >= 4 is 17.8 Å². The Labute approximate surface area is 175 Å². The second-order valence-electron chi connectivity index (χ2n) is 7.79. The van der Waals surface area contributed by atoms with Gasteiger partial charge in [-0.2, -0.15) is 0 Å². The zero-order chi connectivity index (χ0) is 21.1. The summed E-state index contributed by atoms with van der Waals surface area (Å²) in [5.74, 6) is 0.577. The van der Waals surface area contributed by atoms with Gasteiger partial charge >= 0.3 is 6.03 Å². The predicted molar refractivity (Wildman–Crippen MR) is 111 cm³/mol. The number of nitrogens with one attached hydrogen (secondary N) is 1. The fourth-order valence-electron chi connectivity index (χ4n) is 4.09. The maximum absolute atomic E-state index is 13.1. The largest absolute Gasteiger partial charge is 0.497 e. The molecule has 156 valence electrons. The molecule has 4 amide bonds. The lowest BCUT2D eigenvalue weighted by molar-refractivity contribution is -0.138. The van der Waals surface area contributed by atoms with E-state index in [1.807, 2.05) is 54.6 Å². The van der Waals surface area contributed by atoms with Crippen LogP contribution in [0.4, 0.5) is 4.79 Å². The number of nitrogens with zero attached hydrogens (tertiary/aromatic N) is 2. The monoisotopic (exact) mass is 407 g/mol. The molecule has 2 heterocycles. The first-order valence-corrected chi connectivity index (χ1v) is 10.1. The Bertz CT molecular complexity index is 935. The molecule has 0 bridgehead atoms. The third-order valence-corrected chi connectivity index (χ3v) is 5.91. The van der Waals surface area contributed by atoms with E-state index in [9.17, 15) is 14.4 Å². The number of carbonyl (C=O) groups excluding carboxylic acids is 3. The van der Waals surface area contributed by atoms with Crippen molar-refractivity contribution in [2.45, 2.75) is 31.3 Å². The van der Waals surface area contributed by atoms with Gasteiger partial charge in [-0.1, -0.05) is 42.5 Å². The van der Waals surface area contributed by atoms with Crippen molar-refractivity contribution in [2.75, 3.05) is 20.2 Å². The maximum atomic E-state index is 13.1. The molecule has 2 aromatic rings. The highest BCUT2D eigenvalue weighted by Crippen LogP contribution is 2.30. The molecular weight excluding hydrogens is 382 g/mol. The van der Waals surface area contributed by atoms with E-state index in [0.717, 1.165) is 16.9 Å². The molecule has 0 aliphatic carbocycles. The van der Waals surface area contributed by atoms with Crippen LogP contribution in [0, 0.1) is 0 Å². The molecule has 2 saturated heterocycles. The molecule has 0 unspecified atom stereocenters. The lowest BCUT2D eigenvalue weighted by atomic mass is 9.87. The van der Waals surface area contributed by atoms with Crippen LogP contribution < -0.4 is 10.1 Å². The molecule has 7 nitrogen and oxygen atoms in total. The summed E-state index contributed by atoms with van der Waals surface area (Å²) in [5, 5.41) is 2.90. The van der Waals surface area contributed by atoms with Crippen LogP contribution in [0.3, 0.4) is 0 Å². The maximum Gasteiger partial charge on any atom is 0.325 e. The Kier molecular flexibility index (Phi) is 5.44. The first-order chi connectivity index (χ1) is 14.5. The zero-order valence-electron chi connectivity index (χ0n) is 17.0. The second kappa shape index (κ2) is 8.18. The molecule has 2 aromatic carbocycles. The van der Waals surface area contributed by atoms with Gasteiger partial charge in [0.05, 0.1) is 20.1 Å². The summed E-state index contributed by atoms with van der Waals surface area (Å²) in [4.78, 5) is 41.3. The van der Waals surface area contributed by atoms with Crippen LogP contribution in [-0.4, -0.2) is 53.4 Å². The number of urea groups is 1. The van der Waals surface area contributed by atoms with E-state index >= 15 is 0 Å². The van der Waals surface area contributed by atoms with Gasteiger partial charge in [0, 0.05) is 13.1 Å². The molecule has 1 spiro atoms. The number of piperidine rings is 1. The fourth-order valence-corrected chi connectivity index (χ4v) is 4.09. The van der Waals surface area contributed by atoms with Gasteiger partial charge in [-0.25, -0.2) is 4.79 Å². The zero-order valence-corrected chi connectivity index (χ0v) is 17.0. The Morgan fingerprint density at radius 3 is 2.30 bits per heavy atom. The van der Waals surface area contributed by atoms with E-state index < -0.39 is 5.54 Å². The van der Waals surface area contributed by atoms with Gasteiger partial charge in [-0.05, 0) is 36.1 Å². The summed E-state index contributed by atoms with van der Waals surface area (Å²) in [6.07, 6.45) is 1.16. The Morgan fingerprint density at radius 1 is 1.00 bits per heavy atom. The van der Waals surface area contributed by atoms with Gasteiger partial charge in [0.2, 0.25) is 5.91 Å². The molecule has 0 saturated carbocycles. The van der Waals surface area contributed by atoms with Gasteiger partial charge < -0.3 is 15.0 Å². The van der Waals surface area contributed by atoms with Crippen LogP contribution in [0.25, 0.3) is 0 Å². The number of benzene rings is 2. The lowest BCUT2D eigenvalue weighted by Gasteiger charge is -2.37. The smallest absolute Gasteiger partial charge is 0.325 e. The topological polar surface area (TPSA) is 79.0 Å². The van der Waals surface area contributed by atoms with E-state index in [1.54, 1.807) is 12.0 Å². The third-order valence-electron chi connectivity index (χ3n) is 5.91. The van der Waals surface area contributed by atoms with Crippen LogP contribution >= 0.6 is 0 Å². The third kappa shape index (κ3) is 3.87. The van der Waals surface area contributed by atoms with Crippen LogP contribution in [0.2, 0.25) is 0 Å². The van der Waals surface area contributed by atoms with Crippen LogP contribution in [0.5, 0.6) is 5.75 Å². The van der Waals surface area contributed by atoms with Gasteiger partial charge in [-0.15, -0.1) is 0 Å². The molecule has 0 radical (unpaired) electrons. The SMILES string of the molecule is COc1ccc(CC(=O)N2CCC3(CC2)NC(=O)N(Cc2ccccc2)C3=O)cc1. The standard InChI is InChI=1S/C23H25N3O4/c1-30-19-9-7-17(8-10-19)15-20(27)25-13-11-23(12-14-25)21(28)26(22(29)24-23)16-18-5-3-2-4-6-18/h2-10H,11-16H2,1H3,(H,24,29). The first kappa shape index (κ1) is 19.9. The number of methoxy groups -OCH3 is 1. The average Bonchev–Trinajstić information content (AvgIpc) is 2.99. The highest BCUT2D eigenvalue weighted by Gasteiger charge is 2.52. The summed E-state index contributed by atoms with van der Waals surface area (Å²) >= 11 is 0. The Balaban J connectivity index is 1.36. The molecule has 7 heteroatoms. The lowest BCUT2D eigenvalue weighted by Crippen LogP contribution is -2.56. The minimum Gasteiger partial charge on any atom is -0.497 e. The molecule has 2 aliphatic heterocycles. The number of rotatable bonds is 5. The number of hydrogen-bond acceptors (Lipinski definition) is 4. The van der Waals surface area contributed by atoms with Crippen molar-refractivity contribution in [3.05, 3.63) is 65.7 Å². The number of ether oxygens (including phenoxy) is 1. The molecular formula is C23H25N3O4. The molecule has 2 aliphatic rings. The molecule has 4 rings (SSSR count). The van der Waals surface area contributed by atoms with E-state index in [4.69, 9.17) is 4.74 Å². The van der Waals surface area contributed by atoms with Crippen LogP contribution in [0.1, 0.15) is 24.0 Å². The van der Waals surface area contributed by atoms with Gasteiger partial charge in [0.25, 0.3) is 5.91 Å². The minimum atomic E-state index is -0.900. The van der Waals surface area contributed by atoms with Crippen molar-refractivity contribution in [2.24, 2.45) is 0 Å². The normalized spacial score (nSPS) is 17.9. The second-order valence-corrected chi connectivity index (χ2v) is 7.79. The van der Waals surface area contributed by atoms with Crippen molar-refractivity contribution < 1.29 is 19.1 Å². The van der Waals surface area contributed by atoms with E-state index in [2.05, 4.69) is 5.32 Å². The van der Waals surface area contributed by atoms with Crippen LogP contribution in [-0.2, 0) is 22.6 Å². The average molecular weight is 407 g/mol. The fraction of sp³-hybridized carbons (Fsp3) is 0.348. The number of likely N-dealkylation sites (tertiary alicyclic amines) is 1. The molecule has 0 aromatic heterocycles. The summed E-state index contributed by atoms with van der Waals surface area (Å²) in [5.41, 5.74) is 0.925. The molecule has 30 heavy (non-hydrogen) atoms. The van der Waals surface area contributed by atoms with E-state index in [0.29, 0.717) is 32.4 Å². The summed E-state index contributed by atoms with van der Waals surface area (Å²) in [6.45, 7) is 1.15. The van der Waals surface area contributed by atoms with Gasteiger partial charge in [-0.3, -0.25) is 14.5 Å². The minimum absolute atomic E-state index is 0.0212. The van der Waals surface area contributed by atoms with Gasteiger partial charge in [0.1, 0.15) is 11.3 Å². The van der Waals surface area contributed by atoms with Crippen LogP contribution in [0.15, 0.2) is 54.6 Å². The van der Waals surface area contributed by atoms with Gasteiger partial charge in [0.15, 0.2) is 0 Å². The highest BCUT2D eigenvalue weighted by molar-refractivity contribution is 6.07. The van der Waals surface area contributed by atoms with E-state index in [1.165, 1.54) is 4.90 Å². The first-order valence-electron chi connectivity index (χ1n) is 10.1. The number of hydrogen-bond donors (Lipinski definition) is 1. The Morgan fingerprint density at radius 2 is 1.67 bits per heavy atom. The van der Waals surface area contributed by atoms with Crippen molar-refractivity contribution in [1.29, 1.82) is 0 Å². The highest BCUT2D eigenvalue weighted by atomic mass is 16.5. The summed E-state index contributed by atoms with van der Waals surface area (Å²) in [7, 11) is 1.60. The number of amides is 4. The number of carbonyl (C=O) groups is 3. The number of imide groups is 1. The molecule has 1 N–H and O–H groups in total. The molecule has 0 atom stereocenters. The quantitative estimate of drug-likeness (QED) is 0.772. The van der Waals surface area contributed by atoms with E-state index in [-0.39, 0.29) is 24.4 Å². The Hall–Kier alpha value is -3.35.